The van der Waals surface area contributed by atoms with Crippen LogP contribution < -0.4 is 5.73 Å². The molecule has 1 aliphatic rings. The number of primary amides is 1. The van der Waals surface area contributed by atoms with Gasteiger partial charge in [0.2, 0.25) is 0 Å². The van der Waals surface area contributed by atoms with E-state index >= 15 is 0 Å². The molecule has 0 spiro atoms. The maximum Gasteiger partial charge on any atom is 0.315 e. The van der Waals surface area contributed by atoms with E-state index in [9.17, 15) is 13.6 Å². The minimum atomic E-state index is -0.564. The van der Waals surface area contributed by atoms with E-state index < -0.39 is 17.7 Å². The zero-order chi connectivity index (χ0) is 19.1. The van der Waals surface area contributed by atoms with E-state index in [1.165, 1.54) is 29.2 Å². The largest absolute Gasteiger partial charge is 0.351 e. The zero-order valence-electron chi connectivity index (χ0n) is 14.0. The van der Waals surface area contributed by atoms with Crippen LogP contribution in [0.15, 0.2) is 36.7 Å². The Morgan fingerprint density at radius 1 is 1.15 bits per heavy atom. The van der Waals surface area contributed by atoms with E-state index in [1.54, 1.807) is 10.9 Å². The first-order valence-corrected chi connectivity index (χ1v) is 8.52. The standard InChI is InChI=1S/C18H14ClF2N5O/c19-14-5-10(1-2-15(14)21)12-6-11(20)7-23-17(12)13-8-24-26-4-3-25(18(22)27)9-16(13)26/h1-2,5-8H,3-4,9H2,(H2,22,27). The van der Waals surface area contributed by atoms with Crippen LogP contribution in [0.3, 0.4) is 0 Å². The molecule has 3 aromatic rings. The number of nitrogens with two attached hydrogens (primary N) is 1. The maximum absolute atomic E-state index is 13.9. The molecule has 0 atom stereocenters. The third-order valence-electron chi connectivity index (χ3n) is 4.52. The number of carbonyl (C=O) groups excluding carboxylic acids is 1. The van der Waals surface area contributed by atoms with Gasteiger partial charge in [-0.05, 0) is 23.8 Å². The van der Waals surface area contributed by atoms with Crippen molar-refractivity contribution in [2.24, 2.45) is 5.73 Å². The van der Waals surface area contributed by atoms with Gasteiger partial charge in [-0.2, -0.15) is 5.10 Å². The Morgan fingerprint density at radius 2 is 1.96 bits per heavy atom. The molecular formula is C18H14ClF2N5O. The fourth-order valence-electron chi connectivity index (χ4n) is 3.17. The first-order chi connectivity index (χ1) is 12.9. The Balaban J connectivity index is 1.86. The van der Waals surface area contributed by atoms with Crippen LogP contribution in [0.1, 0.15) is 5.69 Å². The molecule has 0 saturated carbocycles. The van der Waals surface area contributed by atoms with Crippen molar-refractivity contribution in [3.63, 3.8) is 0 Å². The van der Waals surface area contributed by atoms with E-state index in [-0.39, 0.29) is 11.6 Å². The molecule has 0 saturated heterocycles. The lowest BCUT2D eigenvalue weighted by Gasteiger charge is -2.26. The van der Waals surface area contributed by atoms with Crippen molar-refractivity contribution >= 4 is 17.6 Å². The van der Waals surface area contributed by atoms with Crippen molar-refractivity contribution in [2.75, 3.05) is 6.54 Å². The summed E-state index contributed by atoms with van der Waals surface area (Å²) in [6.07, 6.45) is 2.72. The quantitative estimate of drug-likeness (QED) is 0.729. The van der Waals surface area contributed by atoms with Gasteiger partial charge in [-0.15, -0.1) is 0 Å². The molecule has 0 fully saturated rings. The number of hydrogen-bond acceptors (Lipinski definition) is 3. The van der Waals surface area contributed by atoms with Gasteiger partial charge in [0.15, 0.2) is 0 Å². The minimum Gasteiger partial charge on any atom is -0.351 e. The summed E-state index contributed by atoms with van der Waals surface area (Å²) in [7, 11) is 0. The Morgan fingerprint density at radius 3 is 2.70 bits per heavy atom. The molecule has 4 rings (SSSR count). The van der Waals surface area contributed by atoms with E-state index in [4.69, 9.17) is 17.3 Å². The first-order valence-electron chi connectivity index (χ1n) is 8.14. The number of urea groups is 1. The fraction of sp³-hybridized carbons (Fsp3) is 0.167. The van der Waals surface area contributed by atoms with Crippen LogP contribution in [0, 0.1) is 11.6 Å². The predicted octanol–water partition coefficient (Wildman–Crippen LogP) is 3.44. The summed E-state index contributed by atoms with van der Waals surface area (Å²) in [4.78, 5) is 17.3. The first kappa shape index (κ1) is 17.4. The van der Waals surface area contributed by atoms with Gasteiger partial charge in [-0.1, -0.05) is 17.7 Å². The lowest BCUT2D eigenvalue weighted by atomic mass is 9.99. The molecule has 2 amide bonds. The molecule has 138 valence electrons. The molecule has 0 bridgehead atoms. The molecule has 9 heteroatoms. The van der Waals surface area contributed by atoms with Crippen molar-refractivity contribution in [2.45, 2.75) is 13.1 Å². The molecular weight excluding hydrogens is 376 g/mol. The molecule has 6 nitrogen and oxygen atoms in total. The highest BCUT2D eigenvalue weighted by atomic mass is 35.5. The fourth-order valence-corrected chi connectivity index (χ4v) is 3.35. The van der Waals surface area contributed by atoms with Crippen molar-refractivity contribution in [3.05, 3.63) is 59.0 Å². The van der Waals surface area contributed by atoms with E-state index in [0.29, 0.717) is 35.5 Å². The molecule has 0 radical (unpaired) electrons. The van der Waals surface area contributed by atoms with Crippen molar-refractivity contribution in [1.29, 1.82) is 0 Å². The number of halogens is 3. The van der Waals surface area contributed by atoms with Crippen molar-refractivity contribution in [3.8, 4) is 22.4 Å². The monoisotopic (exact) mass is 389 g/mol. The van der Waals surface area contributed by atoms with Crippen molar-refractivity contribution < 1.29 is 13.6 Å². The van der Waals surface area contributed by atoms with Gasteiger partial charge in [0, 0.05) is 17.7 Å². The molecule has 27 heavy (non-hydrogen) atoms. The average molecular weight is 390 g/mol. The minimum absolute atomic E-state index is 0.0698. The second kappa shape index (κ2) is 6.62. The van der Waals surface area contributed by atoms with Crippen LogP contribution in [-0.4, -0.2) is 32.2 Å². The smallest absolute Gasteiger partial charge is 0.315 e. The van der Waals surface area contributed by atoms with Crippen LogP contribution in [-0.2, 0) is 13.1 Å². The number of amides is 2. The topological polar surface area (TPSA) is 77.0 Å². The highest BCUT2D eigenvalue weighted by molar-refractivity contribution is 6.31. The SMILES string of the molecule is NC(=O)N1CCn2ncc(-c3ncc(F)cc3-c3ccc(F)c(Cl)c3)c2C1. The number of rotatable bonds is 2. The normalized spacial score (nSPS) is 13.5. The Kier molecular flexibility index (Phi) is 4.27. The van der Waals surface area contributed by atoms with Crippen LogP contribution in [0.25, 0.3) is 22.4 Å². The lowest BCUT2D eigenvalue weighted by Crippen LogP contribution is -2.41. The third kappa shape index (κ3) is 3.12. The number of benzene rings is 1. The van der Waals surface area contributed by atoms with Crippen LogP contribution in [0.4, 0.5) is 13.6 Å². The lowest BCUT2D eigenvalue weighted by molar-refractivity contribution is 0.190. The predicted molar refractivity (Wildman–Crippen MR) is 95.8 cm³/mol. The number of aromatic nitrogens is 3. The molecule has 2 N–H and O–H groups in total. The summed E-state index contributed by atoms with van der Waals surface area (Å²) < 4.78 is 29.2. The zero-order valence-corrected chi connectivity index (χ0v) is 14.7. The summed E-state index contributed by atoms with van der Waals surface area (Å²) >= 11 is 5.89. The van der Waals surface area contributed by atoms with Gasteiger partial charge >= 0.3 is 6.03 Å². The number of nitrogens with zero attached hydrogens (tertiary/aromatic N) is 4. The summed E-state index contributed by atoms with van der Waals surface area (Å²) in [6, 6.07) is 4.93. The summed E-state index contributed by atoms with van der Waals surface area (Å²) in [5, 5.41) is 4.26. The number of carbonyl (C=O) groups is 1. The second-order valence-corrected chi connectivity index (χ2v) is 6.57. The summed E-state index contributed by atoms with van der Waals surface area (Å²) in [5.74, 6) is -1.10. The van der Waals surface area contributed by atoms with Gasteiger partial charge in [-0.25, -0.2) is 13.6 Å². The third-order valence-corrected chi connectivity index (χ3v) is 4.81. The molecule has 0 aliphatic carbocycles. The Labute approximate surface area is 158 Å². The number of hydrogen-bond donors (Lipinski definition) is 1. The van der Waals surface area contributed by atoms with Gasteiger partial charge in [0.05, 0.1) is 41.9 Å². The molecule has 0 unspecified atom stereocenters. The highest BCUT2D eigenvalue weighted by Crippen LogP contribution is 2.35. The highest BCUT2D eigenvalue weighted by Gasteiger charge is 2.25. The van der Waals surface area contributed by atoms with Gasteiger partial charge in [0.25, 0.3) is 0 Å². The van der Waals surface area contributed by atoms with Crippen LogP contribution >= 0.6 is 11.6 Å². The molecule has 2 aromatic heterocycles. The van der Waals surface area contributed by atoms with Crippen LogP contribution in [0.2, 0.25) is 5.02 Å². The van der Waals surface area contributed by atoms with Crippen molar-refractivity contribution in [1.82, 2.24) is 19.7 Å². The average Bonchev–Trinajstić information content (AvgIpc) is 3.07. The van der Waals surface area contributed by atoms with Crippen LogP contribution in [0.5, 0.6) is 0 Å². The van der Waals surface area contributed by atoms with E-state index in [0.717, 1.165) is 11.9 Å². The number of pyridine rings is 1. The van der Waals surface area contributed by atoms with Gasteiger partial charge in [0.1, 0.15) is 11.6 Å². The molecule has 3 heterocycles. The number of fused-ring (bicyclic) bond motifs is 1. The van der Waals surface area contributed by atoms with E-state index in [1.807, 2.05) is 0 Å². The maximum atomic E-state index is 13.9. The second-order valence-electron chi connectivity index (χ2n) is 6.17. The van der Waals surface area contributed by atoms with Gasteiger partial charge in [-0.3, -0.25) is 9.67 Å². The Hall–Kier alpha value is -3.00. The molecule has 1 aromatic carbocycles. The Bertz CT molecular complexity index is 1050. The van der Waals surface area contributed by atoms with Gasteiger partial charge < -0.3 is 10.6 Å². The summed E-state index contributed by atoms with van der Waals surface area (Å²) in [6.45, 7) is 1.23. The summed E-state index contributed by atoms with van der Waals surface area (Å²) in [5.41, 5.74) is 8.22. The van der Waals surface area contributed by atoms with E-state index in [2.05, 4.69) is 10.1 Å². The molecule has 1 aliphatic heterocycles.